The van der Waals surface area contributed by atoms with Crippen molar-refractivity contribution in [3.8, 4) is 11.5 Å². The van der Waals surface area contributed by atoms with E-state index >= 15 is 0 Å². The smallest absolute Gasteiger partial charge is 0.482 e. The number of carbonyl (C=O) groups is 1. The normalized spacial score (nSPS) is 38.7. The van der Waals surface area contributed by atoms with Crippen molar-refractivity contribution < 1.29 is 28.8 Å². The summed E-state index contributed by atoms with van der Waals surface area (Å²) in [4.78, 5) is 15.0. The van der Waals surface area contributed by atoms with E-state index in [9.17, 15) is 9.90 Å². The van der Waals surface area contributed by atoms with Gasteiger partial charge >= 0.3 is 6.16 Å². The lowest BCUT2D eigenvalue weighted by atomic mass is 9.35. The average molecular weight is 542 g/mol. The molecule has 2 heterocycles. The zero-order valence-corrected chi connectivity index (χ0v) is 25.1. The zero-order chi connectivity index (χ0) is 28.2. The Morgan fingerprint density at radius 2 is 1.87 bits per heavy atom. The fraction of sp³-hybridized carbons (Fsp3) is 0.781. The third-order valence-corrected chi connectivity index (χ3v) is 12.2. The largest absolute Gasteiger partial charge is 0.513 e. The minimum atomic E-state index is -0.987. The minimum Gasteiger partial charge on any atom is -0.482 e. The molecule has 0 radical (unpaired) electrons. The van der Waals surface area contributed by atoms with E-state index in [1.165, 1.54) is 25.5 Å². The van der Waals surface area contributed by atoms with Crippen molar-refractivity contribution in [2.45, 2.75) is 109 Å². The molecule has 2 aliphatic heterocycles. The predicted octanol–water partition coefficient (Wildman–Crippen LogP) is 5.63. The Bertz CT molecular complexity index is 1170. The highest BCUT2D eigenvalue weighted by molar-refractivity contribution is 5.69. The number of rotatable bonds is 5. The predicted molar refractivity (Wildman–Crippen MR) is 148 cm³/mol. The molecule has 4 aliphatic carbocycles. The summed E-state index contributed by atoms with van der Waals surface area (Å²) in [6.07, 6.45) is 5.29. The third-order valence-electron chi connectivity index (χ3n) is 12.2. The van der Waals surface area contributed by atoms with E-state index in [1.807, 2.05) is 13.0 Å². The van der Waals surface area contributed by atoms with E-state index in [0.717, 1.165) is 50.3 Å². The number of piperidine rings is 1. The maximum atomic E-state index is 12.3. The Hall–Kier alpha value is -1.83. The first kappa shape index (κ1) is 27.3. The summed E-state index contributed by atoms with van der Waals surface area (Å²) in [5.41, 5.74) is -0.117. The summed E-state index contributed by atoms with van der Waals surface area (Å²) >= 11 is 0. The highest BCUT2D eigenvalue weighted by Crippen LogP contribution is 2.76. The van der Waals surface area contributed by atoms with Gasteiger partial charge in [-0.3, -0.25) is 4.90 Å². The highest BCUT2D eigenvalue weighted by Gasteiger charge is 2.80. The summed E-state index contributed by atoms with van der Waals surface area (Å²) < 4.78 is 24.2. The molecule has 0 aromatic heterocycles. The van der Waals surface area contributed by atoms with E-state index in [1.54, 1.807) is 7.11 Å². The van der Waals surface area contributed by atoms with Crippen molar-refractivity contribution in [3.05, 3.63) is 23.3 Å². The van der Waals surface area contributed by atoms with Crippen molar-refractivity contribution >= 4 is 6.16 Å². The quantitative estimate of drug-likeness (QED) is 0.383. The SMILES string of the molecule is COC(=O)Oc1ccc(C)c2c1O[C@H]1C3(OC)CC[C@@]4(CC3C(C)(O)C(C)(C)C)C(C)N(CC3CC3)CCC214. The monoisotopic (exact) mass is 541 g/mol. The maximum Gasteiger partial charge on any atom is 0.513 e. The van der Waals surface area contributed by atoms with Crippen LogP contribution in [0.3, 0.4) is 0 Å². The van der Waals surface area contributed by atoms with Gasteiger partial charge in [-0.25, -0.2) is 4.79 Å². The summed E-state index contributed by atoms with van der Waals surface area (Å²) in [7, 11) is 3.12. The number of likely N-dealkylation sites (tertiary alicyclic amines) is 1. The van der Waals surface area contributed by atoms with Gasteiger partial charge in [0.05, 0.1) is 12.7 Å². The molecular formula is C32H47NO6. The van der Waals surface area contributed by atoms with Crippen LogP contribution in [0.5, 0.6) is 11.5 Å². The van der Waals surface area contributed by atoms with E-state index in [2.05, 4.69) is 45.6 Å². The first-order valence-corrected chi connectivity index (χ1v) is 14.9. The van der Waals surface area contributed by atoms with Gasteiger partial charge < -0.3 is 24.1 Å². The second-order valence-electron chi connectivity index (χ2n) is 14.4. The third kappa shape index (κ3) is 3.42. The van der Waals surface area contributed by atoms with E-state index in [4.69, 9.17) is 18.9 Å². The van der Waals surface area contributed by atoms with Crippen LogP contribution < -0.4 is 9.47 Å². The lowest BCUT2D eigenvalue weighted by molar-refractivity contribution is -0.309. The standard InChI is InChI=1S/C32H47NO6/c1-19-9-12-22(38-27(34)36-7)25-24(19)31-15-16-33(18-21-10-11-21)20(2)30(31)13-14-32(37-8,26(31)39-25)23(17-30)29(6,35)28(3,4)5/h9,12,20-21,23,26,35H,10-11,13-18H2,1-8H3/t20?,23?,26-,29?,30-,31?,32?/m1/s1. The number of ether oxygens (including phenoxy) is 4. The van der Waals surface area contributed by atoms with Crippen LogP contribution in [0.4, 0.5) is 4.79 Å². The highest BCUT2D eigenvalue weighted by atomic mass is 16.7. The number of hydrogen-bond donors (Lipinski definition) is 1. The molecule has 7 nitrogen and oxygen atoms in total. The maximum absolute atomic E-state index is 12.3. The number of benzene rings is 1. The molecule has 7 rings (SSSR count). The Morgan fingerprint density at radius 1 is 1.15 bits per heavy atom. The summed E-state index contributed by atoms with van der Waals surface area (Å²) in [6.45, 7) is 15.1. The summed E-state index contributed by atoms with van der Waals surface area (Å²) in [5, 5.41) is 12.3. The molecule has 6 aliphatic rings. The first-order chi connectivity index (χ1) is 18.3. The molecular weight excluding hydrogens is 494 g/mol. The van der Waals surface area contributed by atoms with Gasteiger partial charge in [-0.2, -0.15) is 0 Å². The fourth-order valence-electron chi connectivity index (χ4n) is 9.42. The second-order valence-corrected chi connectivity index (χ2v) is 14.4. The number of hydrogen-bond acceptors (Lipinski definition) is 7. The lowest BCUT2D eigenvalue weighted by Gasteiger charge is -2.74. The van der Waals surface area contributed by atoms with Crippen LogP contribution in [0.25, 0.3) is 0 Å². The van der Waals surface area contributed by atoms with Crippen molar-refractivity contribution in [2.24, 2.45) is 22.7 Å². The molecule has 5 fully saturated rings. The molecule has 1 aromatic rings. The van der Waals surface area contributed by atoms with Crippen molar-refractivity contribution in [3.63, 3.8) is 0 Å². The minimum absolute atomic E-state index is 0.120. The molecule has 216 valence electrons. The van der Waals surface area contributed by atoms with Crippen LogP contribution >= 0.6 is 0 Å². The van der Waals surface area contributed by atoms with Crippen molar-refractivity contribution in [2.75, 3.05) is 27.3 Å². The number of carbonyl (C=O) groups excluding carboxylic acids is 1. The molecule has 4 saturated carbocycles. The average Bonchev–Trinajstić information content (AvgIpc) is 3.63. The van der Waals surface area contributed by atoms with Gasteiger partial charge in [0.25, 0.3) is 0 Å². The van der Waals surface area contributed by atoms with Crippen LogP contribution in [-0.4, -0.2) is 66.8 Å². The van der Waals surface area contributed by atoms with Gasteiger partial charge in [0.15, 0.2) is 11.5 Å². The number of aliphatic hydroxyl groups is 1. The summed E-state index contributed by atoms with van der Waals surface area (Å²) in [5.74, 6) is 1.74. The Balaban J connectivity index is 1.58. The number of aryl methyl sites for hydroxylation is 1. The molecule has 2 spiro atoms. The number of methoxy groups -OCH3 is 2. The van der Waals surface area contributed by atoms with E-state index in [0.29, 0.717) is 17.5 Å². The fourth-order valence-corrected chi connectivity index (χ4v) is 9.42. The first-order valence-electron chi connectivity index (χ1n) is 14.9. The topological polar surface area (TPSA) is 77.5 Å². The van der Waals surface area contributed by atoms with Crippen LogP contribution in [0.2, 0.25) is 0 Å². The van der Waals surface area contributed by atoms with Gasteiger partial charge in [-0.15, -0.1) is 0 Å². The van der Waals surface area contributed by atoms with Crippen LogP contribution in [-0.2, 0) is 14.9 Å². The number of nitrogens with zero attached hydrogens (tertiary/aromatic N) is 1. The molecule has 1 aromatic carbocycles. The second kappa shape index (κ2) is 8.59. The molecule has 1 saturated heterocycles. The van der Waals surface area contributed by atoms with Crippen molar-refractivity contribution in [1.82, 2.24) is 4.90 Å². The molecule has 2 bridgehead atoms. The Kier molecular flexibility index (Phi) is 6.02. The molecule has 1 N–H and O–H groups in total. The zero-order valence-electron chi connectivity index (χ0n) is 25.1. The molecule has 39 heavy (non-hydrogen) atoms. The Labute approximate surface area is 233 Å². The number of fused-ring (bicyclic) bond motifs is 3. The van der Waals surface area contributed by atoms with Gasteiger partial charge in [0.1, 0.15) is 11.7 Å². The Morgan fingerprint density at radius 3 is 2.49 bits per heavy atom. The van der Waals surface area contributed by atoms with Gasteiger partial charge in [0, 0.05) is 36.6 Å². The summed E-state index contributed by atoms with van der Waals surface area (Å²) in [6, 6.07) is 4.19. The van der Waals surface area contributed by atoms with Crippen LogP contribution in [0.1, 0.15) is 84.3 Å². The van der Waals surface area contributed by atoms with Gasteiger partial charge in [-0.1, -0.05) is 26.8 Å². The van der Waals surface area contributed by atoms with Crippen LogP contribution in [0.15, 0.2) is 12.1 Å². The van der Waals surface area contributed by atoms with E-state index < -0.39 is 17.4 Å². The van der Waals surface area contributed by atoms with Crippen molar-refractivity contribution in [1.29, 1.82) is 0 Å². The van der Waals surface area contributed by atoms with Crippen LogP contribution in [0, 0.1) is 29.6 Å². The molecule has 0 amide bonds. The van der Waals surface area contributed by atoms with Gasteiger partial charge in [-0.05, 0) is 94.2 Å². The molecule has 5 unspecified atom stereocenters. The van der Waals surface area contributed by atoms with Gasteiger partial charge in [0.2, 0.25) is 0 Å². The lowest BCUT2D eigenvalue weighted by Crippen LogP contribution is -2.81. The molecule has 7 heteroatoms. The van der Waals surface area contributed by atoms with E-state index in [-0.39, 0.29) is 28.3 Å². The molecule has 7 atom stereocenters.